The number of hydrogen-bond acceptors (Lipinski definition) is 4. The van der Waals surface area contributed by atoms with E-state index in [-0.39, 0.29) is 47.8 Å². The van der Waals surface area contributed by atoms with Gasteiger partial charge in [0.15, 0.2) is 0 Å². The summed E-state index contributed by atoms with van der Waals surface area (Å²) < 4.78 is 23.5. The lowest BCUT2D eigenvalue weighted by molar-refractivity contribution is 0.0698. The standard InChI is InChI=1S/C11H14Cl2N4O3S/c12-8-5-7(6-9(13)10(8)14)11(18)16-1-3-17(4-2-16)21(15,19)20/h5-6H,1-4,14H2,(H2,15,19,20). The lowest BCUT2D eigenvalue weighted by atomic mass is 10.1. The molecule has 4 N–H and O–H groups in total. The summed E-state index contributed by atoms with van der Waals surface area (Å²) >= 11 is 11.8. The van der Waals surface area contributed by atoms with Crippen LogP contribution in [0.5, 0.6) is 0 Å². The zero-order valence-corrected chi connectivity index (χ0v) is 13.2. The fourth-order valence-electron chi connectivity index (χ4n) is 2.04. The van der Waals surface area contributed by atoms with Gasteiger partial charge in [0.1, 0.15) is 0 Å². The largest absolute Gasteiger partial charge is 0.396 e. The topological polar surface area (TPSA) is 110 Å². The zero-order valence-electron chi connectivity index (χ0n) is 10.9. The molecule has 1 aromatic carbocycles. The van der Waals surface area contributed by atoms with Crippen LogP contribution in [0.25, 0.3) is 0 Å². The molecule has 10 heteroatoms. The summed E-state index contributed by atoms with van der Waals surface area (Å²) in [5.41, 5.74) is 6.14. The number of hydrogen-bond donors (Lipinski definition) is 2. The van der Waals surface area contributed by atoms with Crippen LogP contribution in [0.3, 0.4) is 0 Å². The van der Waals surface area contributed by atoms with Crippen molar-refractivity contribution in [2.75, 3.05) is 31.9 Å². The van der Waals surface area contributed by atoms with Gasteiger partial charge in [-0.25, -0.2) is 5.14 Å². The minimum Gasteiger partial charge on any atom is -0.396 e. The molecule has 2 rings (SSSR count). The second-order valence-corrected chi connectivity index (χ2v) is 6.95. The smallest absolute Gasteiger partial charge is 0.277 e. The monoisotopic (exact) mass is 352 g/mol. The number of anilines is 1. The van der Waals surface area contributed by atoms with Crippen molar-refractivity contribution in [2.45, 2.75) is 0 Å². The molecule has 0 saturated carbocycles. The van der Waals surface area contributed by atoms with Gasteiger partial charge in [-0.3, -0.25) is 4.79 Å². The summed E-state index contributed by atoms with van der Waals surface area (Å²) in [6.45, 7) is 0.797. The average Bonchev–Trinajstić information content (AvgIpc) is 2.42. The fourth-order valence-corrected chi connectivity index (χ4v) is 3.20. The Labute approximate surface area is 132 Å². The Bertz CT molecular complexity index is 649. The summed E-state index contributed by atoms with van der Waals surface area (Å²) in [4.78, 5) is 13.9. The number of nitrogens with zero attached hydrogens (tertiary/aromatic N) is 2. The van der Waals surface area contributed by atoms with Crippen LogP contribution in [-0.4, -0.2) is 49.7 Å². The first-order valence-corrected chi connectivity index (χ1v) is 8.27. The van der Waals surface area contributed by atoms with Gasteiger partial charge in [-0.2, -0.15) is 12.7 Å². The molecule has 1 heterocycles. The van der Waals surface area contributed by atoms with Crippen LogP contribution in [0.2, 0.25) is 10.0 Å². The predicted octanol–water partition coefficient (Wildman–Crippen LogP) is 0.537. The van der Waals surface area contributed by atoms with Gasteiger partial charge < -0.3 is 10.6 Å². The first-order chi connectivity index (χ1) is 9.70. The second-order valence-electron chi connectivity index (χ2n) is 4.59. The van der Waals surface area contributed by atoms with Gasteiger partial charge in [-0.05, 0) is 12.1 Å². The maximum Gasteiger partial charge on any atom is 0.277 e. The van der Waals surface area contributed by atoms with Gasteiger partial charge in [0.25, 0.3) is 16.1 Å². The highest BCUT2D eigenvalue weighted by atomic mass is 35.5. The van der Waals surface area contributed by atoms with Crippen LogP contribution in [0, 0.1) is 0 Å². The molecule has 0 spiro atoms. The minimum atomic E-state index is -3.72. The van der Waals surface area contributed by atoms with E-state index < -0.39 is 10.2 Å². The highest BCUT2D eigenvalue weighted by molar-refractivity contribution is 7.86. The Morgan fingerprint density at radius 3 is 2.00 bits per heavy atom. The molecule has 0 unspecified atom stereocenters. The van der Waals surface area contributed by atoms with Gasteiger partial charge in [0, 0.05) is 31.7 Å². The van der Waals surface area contributed by atoms with Gasteiger partial charge >= 0.3 is 0 Å². The van der Waals surface area contributed by atoms with Gasteiger partial charge in [0.2, 0.25) is 0 Å². The number of nitrogen functional groups attached to an aromatic ring is 1. The van der Waals surface area contributed by atoms with E-state index in [9.17, 15) is 13.2 Å². The van der Waals surface area contributed by atoms with E-state index >= 15 is 0 Å². The Morgan fingerprint density at radius 2 is 1.57 bits per heavy atom. The van der Waals surface area contributed by atoms with Crippen LogP contribution in [0.4, 0.5) is 5.69 Å². The SMILES string of the molecule is Nc1c(Cl)cc(C(=O)N2CCN(S(N)(=O)=O)CC2)cc1Cl. The van der Waals surface area contributed by atoms with E-state index in [1.165, 1.54) is 17.0 Å². The molecule has 1 aliphatic rings. The van der Waals surface area contributed by atoms with Crippen molar-refractivity contribution >= 4 is 45.0 Å². The molecule has 21 heavy (non-hydrogen) atoms. The number of carbonyl (C=O) groups is 1. The number of benzene rings is 1. The number of nitrogens with two attached hydrogens (primary N) is 2. The van der Waals surface area contributed by atoms with E-state index in [2.05, 4.69) is 0 Å². The highest BCUT2D eigenvalue weighted by Gasteiger charge is 2.27. The second kappa shape index (κ2) is 5.98. The molecule has 1 aliphatic heterocycles. The summed E-state index contributed by atoms with van der Waals surface area (Å²) in [5.74, 6) is -0.284. The third kappa shape index (κ3) is 3.58. The first kappa shape index (κ1) is 16.3. The van der Waals surface area contributed by atoms with Crippen molar-refractivity contribution in [1.29, 1.82) is 0 Å². The Hall–Kier alpha value is -1.06. The molecule has 0 aliphatic carbocycles. The Kier molecular flexibility index (Phi) is 4.64. The van der Waals surface area contributed by atoms with Gasteiger partial charge in [-0.1, -0.05) is 23.2 Å². The number of amides is 1. The minimum absolute atomic E-state index is 0.154. The van der Waals surface area contributed by atoms with Crippen LogP contribution in [-0.2, 0) is 10.2 Å². The fraction of sp³-hybridized carbons (Fsp3) is 0.364. The summed E-state index contributed by atoms with van der Waals surface area (Å²) in [6.07, 6.45) is 0. The molecule has 1 aromatic rings. The van der Waals surface area contributed by atoms with E-state index in [0.29, 0.717) is 5.56 Å². The molecule has 0 atom stereocenters. The van der Waals surface area contributed by atoms with E-state index in [0.717, 1.165) is 4.31 Å². The molecular weight excluding hydrogens is 339 g/mol. The van der Waals surface area contributed by atoms with E-state index in [1.54, 1.807) is 0 Å². The molecule has 1 fully saturated rings. The van der Waals surface area contributed by atoms with Crippen LogP contribution in [0.15, 0.2) is 12.1 Å². The number of piperazine rings is 1. The van der Waals surface area contributed by atoms with Crippen molar-refractivity contribution in [3.05, 3.63) is 27.7 Å². The van der Waals surface area contributed by atoms with E-state index in [1.807, 2.05) is 0 Å². The summed E-state index contributed by atoms with van der Waals surface area (Å²) in [5, 5.41) is 5.45. The summed E-state index contributed by atoms with van der Waals surface area (Å²) in [7, 11) is -3.72. The lowest BCUT2D eigenvalue weighted by Crippen LogP contribution is -2.52. The third-order valence-corrected chi connectivity index (χ3v) is 4.92. The zero-order chi connectivity index (χ0) is 15.8. The number of carbonyl (C=O) groups excluding carboxylic acids is 1. The van der Waals surface area contributed by atoms with Crippen LogP contribution < -0.4 is 10.9 Å². The number of halogens is 2. The molecule has 1 amide bonds. The maximum absolute atomic E-state index is 12.3. The normalized spacial score (nSPS) is 17.0. The Morgan fingerprint density at radius 1 is 1.10 bits per heavy atom. The molecule has 0 aromatic heterocycles. The highest BCUT2D eigenvalue weighted by Crippen LogP contribution is 2.29. The van der Waals surface area contributed by atoms with Crippen molar-refractivity contribution in [2.24, 2.45) is 5.14 Å². The van der Waals surface area contributed by atoms with Crippen molar-refractivity contribution < 1.29 is 13.2 Å². The Balaban J connectivity index is 2.13. The van der Waals surface area contributed by atoms with Gasteiger partial charge in [0.05, 0.1) is 15.7 Å². The molecule has 0 bridgehead atoms. The quantitative estimate of drug-likeness (QED) is 0.756. The van der Waals surface area contributed by atoms with Crippen LogP contribution in [0.1, 0.15) is 10.4 Å². The van der Waals surface area contributed by atoms with Crippen molar-refractivity contribution in [3.63, 3.8) is 0 Å². The molecule has 1 saturated heterocycles. The molecule has 7 nitrogen and oxygen atoms in total. The molecule has 116 valence electrons. The average molecular weight is 353 g/mol. The van der Waals surface area contributed by atoms with E-state index in [4.69, 9.17) is 34.1 Å². The maximum atomic E-state index is 12.3. The van der Waals surface area contributed by atoms with Gasteiger partial charge in [-0.15, -0.1) is 0 Å². The predicted molar refractivity (Wildman–Crippen MR) is 81.5 cm³/mol. The van der Waals surface area contributed by atoms with Crippen molar-refractivity contribution in [1.82, 2.24) is 9.21 Å². The summed E-state index contributed by atoms with van der Waals surface area (Å²) in [6, 6.07) is 2.88. The van der Waals surface area contributed by atoms with Crippen molar-refractivity contribution in [3.8, 4) is 0 Å². The molecule has 0 radical (unpaired) electrons. The third-order valence-electron chi connectivity index (χ3n) is 3.21. The first-order valence-electron chi connectivity index (χ1n) is 6.02. The number of rotatable bonds is 2. The lowest BCUT2D eigenvalue weighted by Gasteiger charge is -2.33. The molecular formula is C11H14Cl2N4O3S. The van der Waals surface area contributed by atoms with Crippen LogP contribution >= 0.6 is 23.2 Å².